The van der Waals surface area contributed by atoms with Gasteiger partial charge in [-0.05, 0) is 36.2 Å². The third kappa shape index (κ3) is 3.66. The molecule has 0 saturated carbocycles. The largest absolute Gasteiger partial charge is 0.326 e. The summed E-state index contributed by atoms with van der Waals surface area (Å²) < 4.78 is 13.4. The first kappa shape index (κ1) is 13.8. The summed E-state index contributed by atoms with van der Waals surface area (Å²) in [7, 11) is 0. The third-order valence-corrected chi connectivity index (χ3v) is 2.85. The highest BCUT2D eigenvalue weighted by atomic mass is 19.1. The third-order valence-electron chi connectivity index (χ3n) is 2.85. The van der Waals surface area contributed by atoms with Crippen LogP contribution in [0, 0.1) is 17.1 Å². The quantitative estimate of drug-likeness (QED) is 0.925. The van der Waals surface area contributed by atoms with Crippen LogP contribution in [0.5, 0.6) is 0 Å². The number of anilines is 1. The van der Waals surface area contributed by atoms with Crippen LogP contribution >= 0.6 is 0 Å². The van der Waals surface area contributed by atoms with E-state index in [9.17, 15) is 9.18 Å². The average molecular weight is 268 g/mol. The van der Waals surface area contributed by atoms with E-state index in [0.29, 0.717) is 23.2 Å². The molecule has 20 heavy (non-hydrogen) atoms. The second kappa shape index (κ2) is 6.48. The summed E-state index contributed by atoms with van der Waals surface area (Å²) in [4.78, 5) is 11.8. The molecule has 3 nitrogen and oxygen atoms in total. The molecule has 0 radical (unpaired) electrons. The van der Waals surface area contributed by atoms with E-state index >= 15 is 0 Å². The lowest BCUT2D eigenvalue weighted by molar-refractivity contribution is -0.116. The Morgan fingerprint density at radius 3 is 2.75 bits per heavy atom. The lowest BCUT2D eigenvalue weighted by Crippen LogP contribution is -2.12. The Morgan fingerprint density at radius 1 is 1.20 bits per heavy atom. The molecule has 0 aromatic heterocycles. The van der Waals surface area contributed by atoms with Gasteiger partial charge < -0.3 is 5.32 Å². The highest BCUT2D eigenvalue weighted by molar-refractivity contribution is 5.91. The molecule has 4 heteroatoms. The van der Waals surface area contributed by atoms with Crippen molar-refractivity contribution in [3.8, 4) is 6.07 Å². The maximum atomic E-state index is 13.4. The summed E-state index contributed by atoms with van der Waals surface area (Å²) in [5, 5.41) is 11.5. The van der Waals surface area contributed by atoms with E-state index in [4.69, 9.17) is 5.26 Å². The molecule has 0 aliphatic rings. The van der Waals surface area contributed by atoms with Crippen LogP contribution in [0.25, 0.3) is 0 Å². The van der Waals surface area contributed by atoms with Crippen molar-refractivity contribution in [1.29, 1.82) is 5.26 Å². The van der Waals surface area contributed by atoms with Gasteiger partial charge in [0.15, 0.2) is 0 Å². The monoisotopic (exact) mass is 268 g/mol. The minimum absolute atomic E-state index is 0.192. The van der Waals surface area contributed by atoms with Gasteiger partial charge in [0.25, 0.3) is 0 Å². The SMILES string of the molecule is N#Cc1cccc(NC(=O)CCc2ccccc2F)c1. The summed E-state index contributed by atoms with van der Waals surface area (Å²) in [6.07, 6.45) is 0.536. The van der Waals surface area contributed by atoms with Gasteiger partial charge in [0.1, 0.15) is 5.82 Å². The summed E-state index contributed by atoms with van der Waals surface area (Å²) in [5.74, 6) is -0.505. The molecule has 0 fully saturated rings. The van der Waals surface area contributed by atoms with E-state index in [1.54, 1.807) is 42.5 Å². The van der Waals surface area contributed by atoms with Crippen molar-refractivity contribution in [2.75, 3.05) is 5.32 Å². The van der Waals surface area contributed by atoms with Gasteiger partial charge in [-0.1, -0.05) is 24.3 Å². The zero-order chi connectivity index (χ0) is 14.4. The minimum atomic E-state index is -0.299. The molecule has 0 saturated heterocycles. The predicted molar refractivity (Wildman–Crippen MR) is 74.5 cm³/mol. The molecule has 100 valence electrons. The topological polar surface area (TPSA) is 52.9 Å². The van der Waals surface area contributed by atoms with Gasteiger partial charge in [0.05, 0.1) is 11.6 Å². The number of amides is 1. The maximum Gasteiger partial charge on any atom is 0.224 e. The van der Waals surface area contributed by atoms with Gasteiger partial charge in [-0.2, -0.15) is 5.26 Å². The van der Waals surface area contributed by atoms with E-state index in [0.717, 1.165) is 0 Å². The van der Waals surface area contributed by atoms with Crippen LogP contribution in [0.3, 0.4) is 0 Å². The number of hydrogen-bond acceptors (Lipinski definition) is 2. The van der Waals surface area contributed by atoms with Crippen molar-refractivity contribution in [1.82, 2.24) is 0 Å². The highest BCUT2D eigenvalue weighted by Crippen LogP contribution is 2.12. The van der Waals surface area contributed by atoms with Crippen LogP contribution in [0.15, 0.2) is 48.5 Å². The standard InChI is InChI=1S/C16H13FN2O/c17-15-7-2-1-5-13(15)8-9-16(20)19-14-6-3-4-12(10-14)11-18/h1-7,10H,8-9H2,(H,19,20). The molecule has 2 aromatic rings. The van der Waals surface area contributed by atoms with E-state index in [1.165, 1.54) is 6.07 Å². The Hall–Kier alpha value is -2.67. The first-order valence-corrected chi connectivity index (χ1v) is 6.22. The number of hydrogen-bond donors (Lipinski definition) is 1. The Labute approximate surface area is 116 Å². The second-order valence-corrected chi connectivity index (χ2v) is 4.33. The summed E-state index contributed by atoms with van der Waals surface area (Å²) >= 11 is 0. The summed E-state index contributed by atoms with van der Waals surface area (Å²) in [6, 6.07) is 15.1. The van der Waals surface area contributed by atoms with Gasteiger partial charge in [0, 0.05) is 12.1 Å². The molecular formula is C16H13FN2O. The van der Waals surface area contributed by atoms with E-state index in [2.05, 4.69) is 5.32 Å². The van der Waals surface area contributed by atoms with Crippen molar-refractivity contribution in [3.05, 3.63) is 65.5 Å². The van der Waals surface area contributed by atoms with Crippen LogP contribution in [0.1, 0.15) is 17.5 Å². The first-order valence-electron chi connectivity index (χ1n) is 6.22. The number of carbonyl (C=O) groups is 1. The molecule has 0 unspecified atom stereocenters. The summed E-state index contributed by atoms with van der Waals surface area (Å²) in [5.41, 5.74) is 1.58. The highest BCUT2D eigenvalue weighted by Gasteiger charge is 2.06. The molecule has 1 N–H and O–H groups in total. The molecule has 0 aliphatic heterocycles. The molecule has 0 heterocycles. The Morgan fingerprint density at radius 2 is 2.00 bits per heavy atom. The van der Waals surface area contributed by atoms with Crippen molar-refractivity contribution in [2.24, 2.45) is 0 Å². The fourth-order valence-electron chi connectivity index (χ4n) is 1.84. The number of aryl methyl sites for hydroxylation is 1. The summed E-state index contributed by atoms with van der Waals surface area (Å²) in [6.45, 7) is 0. The fourth-order valence-corrected chi connectivity index (χ4v) is 1.84. The van der Waals surface area contributed by atoms with Gasteiger partial charge in [-0.3, -0.25) is 4.79 Å². The number of nitrogens with one attached hydrogen (secondary N) is 1. The zero-order valence-electron chi connectivity index (χ0n) is 10.8. The lowest BCUT2D eigenvalue weighted by atomic mass is 10.1. The fraction of sp³-hybridized carbons (Fsp3) is 0.125. The van der Waals surface area contributed by atoms with E-state index in [-0.39, 0.29) is 18.1 Å². The van der Waals surface area contributed by atoms with Crippen LogP contribution in [0.2, 0.25) is 0 Å². The number of benzene rings is 2. The molecule has 0 bridgehead atoms. The van der Waals surface area contributed by atoms with Crippen molar-refractivity contribution in [3.63, 3.8) is 0 Å². The van der Waals surface area contributed by atoms with Gasteiger partial charge >= 0.3 is 0 Å². The number of halogens is 1. The van der Waals surface area contributed by atoms with Gasteiger partial charge in [0.2, 0.25) is 5.91 Å². The number of carbonyl (C=O) groups excluding carboxylic acids is 1. The lowest BCUT2D eigenvalue weighted by Gasteiger charge is -2.06. The molecule has 0 spiro atoms. The van der Waals surface area contributed by atoms with Crippen LogP contribution in [-0.4, -0.2) is 5.91 Å². The number of rotatable bonds is 4. The van der Waals surface area contributed by atoms with Crippen LogP contribution < -0.4 is 5.32 Å². The Balaban J connectivity index is 1.93. The molecule has 2 aromatic carbocycles. The van der Waals surface area contributed by atoms with Crippen molar-refractivity contribution in [2.45, 2.75) is 12.8 Å². The normalized spacial score (nSPS) is 9.80. The molecule has 2 rings (SSSR count). The smallest absolute Gasteiger partial charge is 0.224 e. The van der Waals surface area contributed by atoms with Crippen molar-refractivity contribution < 1.29 is 9.18 Å². The first-order chi connectivity index (χ1) is 9.69. The van der Waals surface area contributed by atoms with Crippen LogP contribution in [-0.2, 0) is 11.2 Å². The van der Waals surface area contributed by atoms with E-state index in [1.807, 2.05) is 6.07 Å². The zero-order valence-corrected chi connectivity index (χ0v) is 10.8. The number of nitrogens with zero attached hydrogens (tertiary/aromatic N) is 1. The maximum absolute atomic E-state index is 13.4. The number of nitriles is 1. The Kier molecular flexibility index (Phi) is 4.46. The molecular weight excluding hydrogens is 255 g/mol. The average Bonchev–Trinajstić information content (AvgIpc) is 2.46. The molecule has 0 aliphatic carbocycles. The Bertz CT molecular complexity index is 662. The second-order valence-electron chi connectivity index (χ2n) is 4.33. The van der Waals surface area contributed by atoms with Gasteiger partial charge in [-0.15, -0.1) is 0 Å². The van der Waals surface area contributed by atoms with Crippen LogP contribution in [0.4, 0.5) is 10.1 Å². The van der Waals surface area contributed by atoms with E-state index < -0.39 is 0 Å². The molecule has 0 atom stereocenters. The van der Waals surface area contributed by atoms with Gasteiger partial charge in [-0.25, -0.2) is 4.39 Å². The van der Waals surface area contributed by atoms with Crippen molar-refractivity contribution >= 4 is 11.6 Å². The minimum Gasteiger partial charge on any atom is -0.326 e. The predicted octanol–water partition coefficient (Wildman–Crippen LogP) is 3.27. The molecule has 1 amide bonds.